The van der Waals surface area contributed by atoms with E-state index in [1.807, 2.05) is 0 Å². The summed E-state index contributed by atoms with van der Waals surface area (Å²) < 4.78 is 4.82. The van der Waals surface area contributed by atoms with Crippen LogP contribution in [0.5, 0.6) is 0 Å². The summed E-state index contributed by atoms with van der Waals surface area (Å²) in [7, 11) is 0. The fourth-order valence-electron chi connectivity index (χ4n) is 2.69. The zero-order chi connectivity index (χ0) is 19.0. The quantitative estimate of drug-likeness (QED) is 0.720. The van der Waals surface area contributed by atoms with Crippen LogP contribution >= 0.6 is 11.6 Å². The predicted octanol–water partition coefficient (Wildman–Crippen LogP) is 1.35. The highest BCUT2D eigenvalue weighted by Crippen LogP contribution is 2.27. The van der Waals surface area contributed by atoms with Gasteiger partial charge in [0, 0.05) is 11.2 Å². The number of halogens is 1. The maximum atomic E-state index is 11.9. The standard InChI is InChI=1S/C17H19ClN4O4/c18-12-4-7-20-13(8-12)16(25)21-9-15(24)26-10-14(23)22-17(11-19)5-2-1-3-6-17/h4,7-8H,1-3,5-6,9-10H2,(H,21,25)(H,22,23). The molecular formula is C17H19ClN4O4. The van der Waals surface area contributed by atoms with E-state index in [0.717, 1.165) is 19.3 Å². The van der Waals surface area contributed by atoms with E-state index < -0.39 is 36.5 Å². The molecule has 26 heavy (non-hydrogen) atoms. The number of esters is 1. The number of hydrogen-bond donors (Lipinski definition) is 2. The van der Waals surface area contributed by atoms with Crippen LogP contribution in [0.4, 0.5) is 0 Å². The number of ether oxygens (including phenoxy) is 1. The van der Waals surface area contributed by atoms with Gasteiger partial charge in [-0.1, -0.05) is 30.9 Å². The molecular weight excluding hydrogens is 360 g/mol. The molecule has 9 heteroatoms. The second-order valence-corrected chi connectivity index (χ2v) is 6.44. The molecule has 0 radical (unpaired) electrons. The Morgan fingerprint density at radius 1 is 1.31 bits per heavy atom. The third kappa shape index (κ3) is 5.70. The minimum absolute atomic E-state index is 0.0660. The molecule has 138 valence electrons. The third-order valence-corrected chi connectivity index (χ3v) is 4.25. The first-order valence-corrected chi connectivity index (χ1v) is 8.59. The van der Waals surface area contributed by atoms with Crippen LogP contribution in [0, 0.1) is 11.3 Å². The Morgan fingerprint density at radius 2 is 2.04 bits per heavy atom. The van der Waals surface area contributed by atoms with Crippen LogP contribution in [0.15, 0.2) is 18.3 Å². The molecule has 1 heterocycles. The zero-order valence-electron chi connectivity index (χ0n) is 14.1. The molecule has 0 aliphatic heterocycles. The van der Waals surface area contributed by atoms with Crippen molar-refractivity contribution in [2.75, 3.05) is 13.2 Å². The Morgan fingerprint density at radius 3 is 2.69 bits per heavy atom. The number of aromatic nitrogens is 1. The first-order valence-electron chi connectivity index (χ1n) is 8.22. The average Bonchev–Trinajstić information content (AvgIpc) is 2.65. The predicted molar refractivity (Wildman–Crippen MR) is 92.1 cm³/mol. The number of amides is 2. The van der Waals surface area contributed by atoms with Crippen LogP contribution in [-0.4, -0.2) is 41.5 Å². The van der Waals surface area contributed by atoms with Crippen LogP contribution < -0.4 is 10.6 Å². The molecule has 8 nitrogen and oxygen atoms in total. The van der Waals surface area contributed by atoms with E-state index in [0.29, 0.717) is 17.9 Å². The fraction of sp³-hybridized carbons (Fsp3) is 0.471. The molecule has 0 aromatic carbocycles. The summed E-state index contributed by atoms with van der Waals surface area (Å²) in [6.45, 7) is -0.919. The van der Waals surface area contributed by atoms with Gasteiger partial charge in [0.15, 0.2) is 6.61 Å². The summed E-state index contributed by atoms with van der Waals surface area (Å²) >= 11 is 5.76. The van der Waals surface area contributed by atoms with Gasteiger partial charge >= 0.3 is 5.97 Å². The lowest BCUT2D eigenvalue weighted by atomic mass is 9.83. The van der Waals surface area contributed by atoms with Crippen molar-refractivity contribution in [3.05, 3.63) is 29.0 Å². The molecule has 0 spiro atoms. The topological polar surface area (TPSA) is 121 Å². The minimum atomic E-state index is -0.881. The largest absolute Gasteiger partial charge is 0.454 e. The van der Waals surface area contributed by atoms with Gasteiger partial charge in [-0.3, -0.25) is 19.4 Å². The second kappa shape index (κ2) is 9.15. The van der Waals surface area contributed by atoms with E-state index in [-0.39, 0.29) is 5.69 Å². The summed E-state index contributed by atoms with van der Waals surface area (Å²) in [5.41, 5.74) is -0.815. The van der Waals surface area contributed by atoms with Gasteiger partial charge in [-0.25, -0.2) is 0 Å². The molecule has 0 atom stereocenters. The molecule has 1 saturated carbocycles. The summed E-state index contributed by atoms with van der Waals surface area (Å²) in [5, 5.41) is 14.6. The molecule has 2 rings (SSSR count). The maximum Gasteiger partial charge on any atom is 0.325 e. The Balaban J connectivity index is 1.73. The van der Waals surface area contributed by atoms with Crippen molar-refractivity contribution < 1.29 is 19.1 Å². The molecule has 1 fully saturated rings. The fourth-order valence-corrected chi connectivity index (χ4v) is 2.85. The molecule has 0 saturated heterocycles. The summed E-state index contributed by atoms with van der Waals surface area (Å²) in [4.78, 5) is 39.2. The van der Waals surface area contributed by atoms with Gasteiger partial charge in [-0.05, 0) is 25.0 Å². The number of rotatable bonds is 6. The van der Waals surface area contributed by atoms with Crippen molar-refractivity contribution >= 4 is 29.4 Å². The Bertz CT molecular complexity index is 726. The van der Waals surface area contributed by atoms with E-state index in [1.165, 1.54) is 18.3 Å². The lowest BCUT2D eigenvalue weighted by Crippen LogP contribution is -2.50. The monoisotopic (exact) mass is 378 g/mol. The van der Waals surface area contributed by atoms with E-state index in [9.17, 15) is 19.6 Å². The number of hydrogen-bond acceptors (Lipinski definition) is 6. The van der Waals surface area contributed by atoms with Gasteiger partial charge in [-0.2, -0.15) is 5.26 Å². The van der Waals surface area contributed by atoms with Gasteiger partial charge in [-0.15, -0.1) is 0 Å². The van der Waals surface area contributed by atoms with Crippen LogP contribution in [-0.2, 0) is 14.3 Å². The number of nitrogens with zero attached hydrogens (tertiary/aromatic N) is 2. The third-order valence-electron chi connectivity index (χ3n) is 4.01. The minimum Gasteiger partial charge on any atom is -0.454 e. The van der Waals surface area contributed by atoms with E-state index in [4.69, 9.17) is 16.3 Å². The van der Waals surface area contributed by atoms with Crippen molar-refractivity contribution in [3.8, 4) is 6.07 Å². The van der Waals surface area contributed by atoms with Gasteiger partial charge in [0.2, 0.25) is 0 Å². The second-order valence-electron chi connectivity index (χ2n) is 6.01. The Hall–Kier alpha value is -2.66. The van der Waals surface area contributed by atoms with Crippen molar-refractivity contribution in [1.29, 1.82) is 5.26 Å². The van der Waals surface area contributed by atoms with Crippen LogP contribution in [0.3, 0.4) is 0 Å². The summed E-state index contributed by atoms with van der Waals surface area (Å²) in [6.07, 6.45) is 5.33. The highest BCUT2D eigenvalue weighted by molar-refractivity contribution is 6.30. The van der Waals surface area contributed by atoms with Crippen molar-refractivity contribution in [1.82, 2.24) is 15.6 Å². The van der Waals surface area contributed by atoms with Gasteiger partial charge in [0.1, 0.15) is 17.8 Å². The van der Waals surface area contributed by atoms with Crippen molar-refractivity contribution in [3.63, 3.8) is 0 Å². The molecule has 0 bridgehead atoms. The molecule has 1 aromatic heterocycles. The number of carbonyl (C=O) groups is 3. The average molecular weight is 379 g/mol. The number of nitrogens with one attached hydrogen (secondary N) is 2. The van der Waals surface area contributed by atoms with Gasteiger partial charge in [0.05, 0.1) is 6.07 Å². The Labute approximate surface area is 155 Å². The van der Waals surface area contributed by atoms with Gasteiger partial charge in [0.25, 0.3) is 11.8 Å². The molecule has 2 N–H and O–H groups in total. The molecule has 0 unspecified atom stereocenters. The summed E-state index contributed by atoms with van der Waals surface area (Å²) in [5.74, 6) is -1.89. The lowest BCUT2D eigenvalue weighted by molar-refractivity contribution is -0.148. The molecule has 2 amide bonds. The first-order chi connectivity index (χ1) is 12.4. The smallest absolute Gasteiger partial charge is 0.325 e. The highest BCUT2D eigenvalue weighted by atomic mass is 35.5. The van der Waals surface area contributed by atoms with Crippen LogP contribution in [0.2, 0.25) is 5.02 Å². The molecule has 1 aliphatic carbocycles. The lowest BCUT2D eigenvalue weighted by Gasteiger charge is -2.31. The maximum absolute atomic E-state index is 11.9. The van der Waals surface area contributed by atoms with E-state index >= 15 is 0 Å². The molecule has 1 aliphatic rings. The van der Waals surface area contributed by atoms with Crippen molar-refractivity contribution in [2.45, 2.75) is 37.6 Å². The van der Waals surface area contributed by atoms with Gasteiger partial charge < -0.3 is 15.4 Å². The normalized spacial score (nSPS) is 15.4. The SMILES string of the molecule is N#CC1(NC(=O)COC(=O)CNC(=O)c2cc(Cl)ccn2)CCCCC1. The zero-order valence-corrected chi connectivity index (χ0v) is 14.8. The number of pyridine rings is 1. The highest BCUT2D eigenvalue weighted by Gasteiger charge is 2.33. The Kier molecular flexibility index (Phi) is 6.92. The van der Waals surface area contributed by atoms with E-state index in [1.54, 1.807) is 0 Å². The van der Waals surface area contributed by atoms with Crippen LogP contribution in [0.1, 0.15) is 42.6 Å². The number of carbonyl (C=O) groups excluding carboxylic acids is 3. The summed E-state index contributed by atoms with van der Waals surface area (Å²) in [6, 6.07) is 5.03. The van der Waals surface area contributed by atoms with E-state index in [2.05, 4.69) is 21.7 Å². The van der Waals surface area contributed by atoms with Crippen molar-refractivity contribution in [2.24, 2.45) is 0 Å². The number of nitriles is 1. The molecule has 1 aromatic rings. The first kappa shape index (κ1) is 19.7. The van der Waals surface area contributed by atoms with Crippen LogP contribution in [0.25, 0.3) is 0 Å².